The quantitative estimate of drug-likeness (QED) is 0.499. The lowest BCUT2D eigenvalue weighted by atomic mass is 10.2. The molecule has 27 heavy (non-hydrogen) atoms. The molecule has 9 nitrogen and oxygen atoms in total. The Hall–Kier alpha value is -3.23. The Morgan fingerprint density at radius 2 is 1.93 bits per heavy atom. The molecule has 0 spiro atoms. The summed E-state index contributed by atoms with van der Waals surface area (Å²) in [5, 5.41) is 11.8. The van der Waals surface area contributed by atoms with Gasteiger partial charge in [0, 0.05) is 31.4 Å². The molecule has 0 aliphatic rings. The number of hydrogen-bond donors (Lipinski definition) is 4. The number of carbonyl (C=O) groups is 1. The van der Waals surface area contributed by atoms with Gasteiger partial charge in [-0.3, -0.25) is 0 Å². The van der Waals surface area contributed by atoms with E-state index in [1.165, 1.54) is 7.11 Å². The molecular formula is C18H26N6O3. The van der Waals surface area contributed by atoms with Crippen molar-refractivity contribution >= 4 is 23.5 Å². The molecule has 2 aromatic rings. The van der Waals surface area contributed by atoms with Crippen LogP contribution in [0.1, 0.15) is 12.6 Å². The highest BCUT2D eigenvalue weighted by Gasteiger charge is 2.11. The van der Waals surface area contributed by atoms with Gasteiger partial charge in [0.25, 0.3) is 0 Å². The second-order valence-corrected chi connectivity index (χ2v) is 5.60. The Kier molecular flexibility index (Phi) is 7.48. The van der Waals surface area contributed by atoms with Crippen LogP contribution in [0.2, 0.25) is 0 Å². The fourth-order valence-electron chi connectivity index (χ4n) is 2.41. The van der Waals surface area contributed by atoms with Crippen LogP contribution in [0.5, 0.6) is 11.5 Å². The molecule has 0 aliphatic carbocycles. The molecule has 1 aromatic carbocycles. The van der Waals surface area contributed by atoms with E-state index in [-0.39, 0.29) is 6.03 Å². The third kappa shape index (κ3) is 5.91. The van der Waals surface area contributed by atoms with Crippen LogP contribution in [0, 0.1) is 6.92 Å². The molecule has 146 valence electrons. The van der Waals surface area contributed by atoms with Crippen LogP contribution in [0.15, 0.2) is 24.3 Å². The smallest absolute Gasteiger partial charge is 0.319 e. The Morgan fingerprint density at radius 3 is 2.63 bits per heavy atom. The first-order valence-corrected chi connectivity index (χ1v) is 8.66. The molecule has 0 bridgehead atoms. The van der Waals surface area contributed by atoms with E-state index in [2.05, 4.69) is 31.2 Å². The number of hydrogen-bond acceptors (Lipinski definition) is 7. The number of carbonyl (C=O) groups excluding carboxylic acids is 1. The van der Waals surface area contributed by atoms with Crippen molar-refractivity contribution < 1.29 is 14.3 Å². The number of anilines is 3. The van der Waals surface area contributed by atoms with Gasteiger partial charge >= 0.3 is 6.03 Å². The van der Waals surface area contributed by atoms with Gasteiger partial charge < -0.3 is 30.7 Å². The number of rotatable bonds is 9. The van der Waals surface area contributed by atoms with Gasteiger partial charge in [-0.05, 0) is 26.0 Å². The Bertz CT molecular complexity index is 769. The van der Waals surface area contributed by atoms with E-state index in [9.17, 15) is 4.79 Å². The SMILES string of the molecule is CCNc1nc(C)cc(NCCNC(=O)Nc2cccc(OC)c2OC)n1. The summed E-state index contributed by atoms with van der Waals surface area (Å²) in [4.78, 5) is 20.8. The fraction of sp³-hybridized carbons (Fsp3) is 0.389. The topological polar surface area (TPSA) is 109 Å². The Morgan fingerprint density at radius 1 is 1.11 bits per heavy atom. The predicted octanol–water partition coefficient (Wildman–Crippen LogP) is 2.47. The summed E-state index contributed by atoms with van der Waals surface area (Å²) in [5.74, 6) is 2.30. The number of ether oxygens (including phenoxy) is 2. The van der Waals surface area contributed by atoms with Crippen molar-refractivity contribution in [3.8, 4) is 11.5 Å². The van der Waals surface area contributed by atoms with Gasteiger partial charge in [0.15, 0.2) is 11.5 Å². The van der Waals surface area contributed by atoms with E-state index in [0.29, 0.717) is 42.0 Å². The zero-order valence-corrected chi connectivity index (χ0v) is 16.0. The lowest BCUT2D eigenvalue weighted by Crippen LogP contribution is -2.32. The molecule has 9 heteroatoms. The van der Waals surface area contributed by atoms with Crippen molar-refractivity contribution in [3.05, 3.63) is 30.0 Å². The normalized spacial score (nSPS) is 10.1. The molecule has 2 rings (SSSR count). The number of para-hydroxylation sites is 1. The van der Waals surface area contributed by atoms with Gasteiger partial charge in [-0.15, -0.1) is 0 Å². The molecule has 0 radical (unpaired) electrons. The molecule has 4 N–H and O–H groups in total. The summed E-state index contributed by atoms with van der Waals surface area (Å²) in [6, 6.07) is 6.79. The van der Waals surface area contributed by atoms with Crippen molar-refractivity contribution in [3.63, 3.8) is 0 Å². The monoisotopic (exact) mass is 374 g/mol. The van der Waals surface area contributed by atoms with Gasteiger partial charge in [-0.25, -0.2) is 9.78 Å². The van der Waals surface area contributed by atoms with Crippen molar-refractivity contribution in [2.75, 3.05) is 49.8 Å². The number of urea groups is 1. The summed E-state index contributed by atoms with van der Waals surface area (Å²) in [6.07, 6.45) is 0. The average molecular weight is 374 g/mol. The van der Waals surface area contributed by atoms with E-state index in [4.69, 9.17) is 9.47 Å². The van der Waals surface area contributed by atoms with Crippen LogP contribution in [-0.2, 0) is 0 Å². The van der Waals surface area contributed by atoms with E-state index >= 15 is 0 Å². The number of nitrogens with one attached hydrogen (secondary N) is 4. The van der Waals surface area contributed by atoms with E-state index < -0.39 is 0 Å². The molecule has 2 amide bonds. The molecule has 0 saturated carbocycles. The summed E-state index contributed by atoms with van der Waals surface area (Å²) in [7, 11) is 3.07. The van der Waals surface area contributed by atoms with Gasteiger partial charge in [0.1, 0.15) is 5.82 Å². The molecule has 1 heterocycles. The van der Waals surface area contributed by atoms with Gasteiger partial charge in [-0.1, -0.05) is 6.07 Å². The molecular weight excluding hydrogens is 348 g/mol. The Labute approximate surface area is 158 Å². The van der Waals surface area contributed by atoms with Gasteiger partial charge in [0.05, 0.1) is 19.9 Å². The van der Waals surface area contributed by atoms with Crippen molar-refractivity contribution in [1.82, 2.24) is 15.3 Å². The number of aryl methyl sites for hydroxylation is 1. The fourth-order valence-corrected chi connectivity index (χ4v) is 2.41. The number of methoxy groups -OCH3 is 2. The highest BCUT2D eigenvalue weighted by Crippen LogP contribution is 2.34. The van der Waals surface area contributed by atoms with Crippen LogP contribution >= 0.6 is 0 Å². The van der Waals surface area contributed by atoms with Gasteiger partial charge in [0.2, 0.25) is 5.95 Å². The van der Waals surface area contributed by atoms with Crippen LogP contribution in [-0.4, -0.2) is 49.9 Å². The third-order valence-electron chi connectivity index (χ3n) is 3.56. The first kappa shape index (κ1) is 20.1. The van der Waals surface area contributed by atoms with E-state index in [0.717, 1.165) is 12.2 Å². The van der Waals surface area contributed by atoms with E-state index in [1.807, 2.05) is 19.9 Å². The molecule has 0 unspecified atom stereocenters. The summed E-state index contributed by atoms with van der Waals surface area (Å²) >= 11 is 0. The van der Waals surface area contributed by atoms with Crippen molar-refractivity contribution in [2.24, 2.45) is 0 Å². The molecule has 0 fully saturated rings. The van der Waals surface area contributed by atoms with Crippen LogP contribution in [0.4, 0.5) is 22.2 Å². The van der Waals surface area contributed by atoms with Crippen LogP contribution in [0.25, 0.3) is 0 Å². The highest BCUT2D eigenvalue weighted by molar-refractivity contribution is 5.91. The zero-order valence-electron chi connectivity index (χ0n) is 16.0. The molecule has 0 aliphatic heterocycles. The first-order valence-electron chi connectivity index (χ1n) is 8.66. The largest absolute Gasteiger partial charge is 0.493 e. The second kappa shape index (κ2) is 10.0. The minimum atomic E-state index is -0.337. The van der Waals surface area contributed by atoms with Crippen molar-refractivity contribution in [2.45, 2.75) is 13.8 Å². The number of amides is 2. The molecule has 1 aromatic heterocycles. The minimum absolute atomic E-state index is 0.337. The van der Waals surface area contributed by atoms with E-state index in [1.54, 1.807) is 25.3 Å². The lowest BCUT2D eigenvalue weighted by Gasteiger charge is -2.14. The molecule has 0 saturated heterocycles. The van der Waals surface area contributed by atoms with Crippen LogP contribution < -0.4 is 30.7 Å². The second-order valence-electron chi connectivity index (χ2n) is 5.60. The standard InChI is InChI=1S/C18H26N6O3/c1-5-19-17-22-12(2)11-15(24-17)20-9-10-21-18(25)23-13-7-6-8-14(26-3)16(13)27-4/h6-8,11H,5,9-10H2,1-4H3,(H2,21,23,25)(H2,19,20,22,24). The first-order chi connectivity index (χ1) is 13.1. The third-order valence-corrected chi connectivity index (χ3v) is 3.56. The highest BCUT2D eigenvalue weighted by atomic mass is 16.5. The number of aromatic nitrogens is 2. The minimum Gasteiger partial charge on any atom is -0.493 e. The summed E-state index contributed by atoms with van der Waals surface area (Å²) in [5.41, 5.74) is 1.39. The maximum absolute atomic E-state index is 12.1. The number of benzene rings is 1. The zero-order chi connectivity index (χ0) is 19.6. The van der Waals surface area contributed by atoms with Gasteiger partial charge in [-0.2, -0.15) is 4.98 Å². The lowest BCUT2D eigenvalue weighted by molar-refractivity contribution is 0.252. The van der Waals surface area contributed by atoms with Crippen molar-refractivity contribution in [1.29, 1.82) is 0 Å². The maximum atomic E-state index is 12.1. The molecule has 0 atom stereocenters. The number of nitrogens with zero attached hydrogens (tertiary/aromatic N) is 2. The summed E-state index contributed by atoms with van der Waals surface area (Å²) in [6.45, 7) is 5.57. The Balaban J connectivity index is 1.83. The average Bonchev–Trinajstić information content (AvgIpc) is 2.65. The summed E-state index contributed by atoms with van der Waals surface area (Å²) < 4.78 is 10.5. The maximum Gasteiger partial charge on any atom is 0.319 e. The van der Waals surface area contributed by atoms with Crippen LogP contribution in [0.3, 0.4) is 0 Å². The predicted molar refractivity (Wildman–Crippen MR) is 106 cm³/mol.